The second-order valence-corrected chi connectivity index (χ2v) is 4.25. The maximum absolute atomic E-state index is 11.7. The van der Waals surface area contributed by atoms with E-state index in [1.807, 2.05) is 13.8 Å². The van der Waals surface area contributed by atoms with Crippen molar-refractivity contribution in [2.75, 3.05) is 0 Å². The Kier molecular flexibility index (Phi) is 3.40. The van der Waals surface area contributed by atoms with Crippen LogP contribution in [0.15, 0.2) is 10.6 Å². The summed E-state index contributed by atoms with van der Waals surface area (Å²) in [6, 6.07) is 0. The topological polar surface area (TPSA) is 96.7 Å². The summed E-state index contributed by atoms with van der Waals surface area (Å²) in [5.41, 5.74) is 0. The van der Waals surface area contributed by atoms with E-state index in [1.54, 1.807) is 13.1 Å². The maximum atomic E-state index is 11.7. The van der Waals surface area contributed by atoms with Gasteiger partial charge < -0.3 is 9.73 Å². The molecule has 2 rings (SSSR count). The molecule has 0 saturated carbocycles. The highest BCUT2D eigenvalue weighted by molar-refractivity contribution is 5.90. The van der Waals surface area contributed by atoms with Gasteiger partial charge in [-0.3, -0.25) is 9.89 Å². The van der Waals surface area contributed by atoms with Crippen LogP contribution in [0.4, 0.5) is 0 Å². The summed E-state index contributed by atoms with van der Waals surface area (Å²) in [6.45, 7) is 5.95. The zero-order valence-corrected chi connectivity index (χ0v) is 10.5. The summed E-state index contributed by atoms with van der Waals surface area (Å²) < 4.78 is 5.24. The molecule has 1 amide bonds. The molecule has 0 saturated heterocycles. The Hall–Kier alpha value is -2.18. The second kappa shape index (κ2) is 4.99. The number of aromatic amines is 1. The smallest absolute Gasteiger partial charge is 0.291 e. The van der Waals surface area contributed by atoms with E-state index < -0.39 is 0 Å². The van der Waals surface area contributed by atoms with Crippen molar-refractivity contribution in [3.8, 4) is 0 Å². The summed E-state index contributed by atoms with van der Waals surface area (Å²) >= 11 is 0. The minimum Gasteiger partial charge on any atom is -0.444 e. The summed E-state index contributed by atoms with van der Waals surface area (Å²) in [4.78, 5) is 19.8. The number of hydrogen-bond acceptors (Lipinski definition) is 5. The molecule has 18 heavy (non-hydrogen) atoms. The quantitative estimate of drug-likeness (QED) is 0.847. The Labute approximate surface area is 104 Å². The van der Waals surface area contributed by atoms with Crippen molar-refractivity contribution in [1.29, 1.82) is 0 Å². The van der Waals surface area contributed by atoms with E-state index in [4.69, 9.17) is 4.42 Å². The van der Waals surface area contributed by atoms with Gasteiger partial charge in [0.05, 0.1) is 12.7 Å². The summed E-state index contributed by atoms with van der Waals surface area (Å²) in [5.74, 6) is 1.83. The molecule has 0 unspecified atom stereocenters. The van der Waals surface area contributed by atoms with Crippen molar-refractivity contribution in [2.24, 2.45) is 0 Å². The van der Waals surface area contributed by atoms with Gasteiger partial charge in [0.25, 0.3) is 5.91 Å². The SMILES string of the molecule is Cc1cnc(CNC(=O)c2n[nH]c(C(C)C)n2)o1. The predicted molar refractivity (Wildman–Crippen MR) is 62.9 cm³/mol. The van der Waals surface area contributed by atoms with Crippen LogP contribution in [0.25, 0.3) is 0 Å². The first-order chi connectivity index (χ1) is 8.56. The van der Waals surface area contributed by atoms with Crippen LogP contribution in [0, 0.1) is 6.92 Å². The third-order valence-corrected chi connectivity index (χ3v) is 2.32. The van der Waals surface area contributed by atoms with E-state index in [9.17, 15) is 4.79 Å². The molecule has 0 radical (unpaired) electrons. The zero-order valence-electron chi connectivity index (χ0n) is 10.5. The van der Waals surface area contributed by atoms with Crippen LogP contribution in [-0.4, -0.2) is 26.1 Å². The number of hydrogen-bond donors (Lipinski definition) is 2. The van der Waals surface area contributed by atoms with Gasteiger partial charge in [0.2, 0.25) is 11.7 Å². The van der Waals surface area contributed by atoms with Gasteiger partial charge in [-0.25, -0.2) is 9.97 Å². The minimum absolute atomic E-state index is 0.127. The molecule has 2 heterocycles. The molecular formula is C11H15N5O2. The van der Waals surface area contributed by atoms with E-state index in [0.717, 1.165) is 0 Å². The predicted octanol–water partition coefficient (Wildman–Crippen LogP) is 1.15. The fourth-order valence-corrected chi connectivity index (χ4v) is 1.35. The maximum Gasteiger partial charge on any atom is 0.291 e. The van der Waals surface area contributed by atoms with Crippen molar-refractivity contribution >= 4 is 5.91 Å². The van der Waals surface area contributed by atoms with Gasteiger partial charge >= 0.3 is 0 Å². The number of H-pyrrole nitrogens is 1. The highest BCUT2D eigenvalue weighted by atomic mass is 16.4. The summed E-state index contributed by atoms with van der Waals surface area (Å²) in [5, 5.41) is 9.22. The highest BCUT2D eigenvalue weighted by Crippen LogP contribution is 2.07. The van der Waals surface area contributed by atoms with Gasteiger partial charge in [0.15, 0.2) is 0 Å². The molecule has 0 aliphatic carbocycles. The van der Waals surface area contributed by atoms with Crippen LogP contribution in [0.2, 0.25) is 0 Å². The van der Waals surface area contributed by atoms with Crippen LogP contribution < -0.4 is 5.32 Å². The zero-order chi connectivity index (χ0) is 13.1. The van der Waals surface area contributed by atoms with Crippen molar-refractivity contribution in [2.45, 2.75) is 33.2 Å². The summed E-state index contributed by atoms with van der Waals surface area (Å²) in [7, 11) is 0. The molecule has 0 aliphatic rings. The third kappa shape index (κ3) is 2.73. The van der Waals surface area contributed by atoms with Gasteiger partial charge in [-0.2, -0.15) is 0 Å². The largest absolute Gasteiger partial charge is 0.444 e. The van der Waals surface area contributed by atoms with Gasteiger partial charge in [-0.1, -0.05) is 13.8 Å². The lowest BCUT2D eigenvalue weighted by Crippen LogP contribution is -2.24. The van der Waals surface area contributed by atoms with Crippen molar-refractivity contribution in [3.63, 3.8) is 0 Å². The number of carbonyl (C=O) groups is 1. The minimum atomic E-state index is -0.353. The molecule has 0 aliphatic heterocycles. The normalized spacial score (nSPS) is 10.9. The molecule has 0 aromatic carbocycles. The van der Waals surface area contributed by atoms with Crippen LogP contribution in [0.5, 0.6) is 0 Å². The average molecular weight is 249 g/mol. The van der Waals surface area contributed by atoms with E-state index in [2.05, 4.69) is 25.5 Å². The molecule has 7 heteroatoms. The Morgan fingerprint density at radius 3 is 2.89 bits per heavy atom. The first-order valence-electron chi connectivity index (χ1n) is 5.68. The lowest BCUT2D eigenvalue weighted by atomic mass is 10.2. The number of nitrogens with one attached hydrogen (secondary N) is 2. The number of oxazole rings is 1. The number of nitrogens with zero attached hydrogens (tertiary/aromatic N) is 3. The first-order valence-corrected chi connectivity index (χ1v) is 5.68. The molecule has 0 fully saturated rings. The fraction of sp³-hybridized carbons (Fsp3) is 0.455. The van der Waals surface area contributed by atoms with Crippen LogP contribution in [-0.2, 0) is 6.54 Å². The molecule has 0 spiro atoms. The van der Waals surface area contributed by atoms with E-state index in [1.165, 1.54) is 0 Å². The highest BCUT2D eigenvalue weighted by Gasteiger charge is 2.14. The standard InChI is InChI=1S/C11H15N5O2/c1-6(2)9-14-10(16-15-9)11(17)13-5-8-12-4-7(3)18-8/h4,6H,5H2,1-3H3,(H,13,17)(H,14,15,16). The monoisotopic (exact) mass is 249 g/mol. The molecule has 96 valence electrons. The van der Waals surface area contributed by atoms with Gasteiger partial charge in [0, 0.05) is 5.92 Å². The molecule has 7 nitrogen and oxygen atoms in total. The number of aryl methyl sites for hydroxylation is 1. The Morgan fingerprint density at radius 2 is 2.33 bits per heavy atom. The average Bonchev–Trinajstić information content (AvgIpc) is 2.94. The number of rotatable bonds is 4. The lowest BCUT2D eigenvalue weighted by molar-refractivity contribution is 0.0937. The Balaban J connectivity index is 1.95. The van der Waals surface area contributed by atoms with E-state index >= 15 is 0 Å². The van der Waals surface area contributed by atoms with E-state index in [0.29, 0.717) is 17.5 Å². The van der Waals surface area contributed by atoms with Crippen molar-refractivity contribution < 1.29 is 9.21 Å². The first kappa shape index (κ1) is 12.3. The van der Waals surface area contributed by atoms with Crippen molar-refractivity contribution in [3.05, 3.63) is 29.5 Å². The van der Waals surface area contributed by atoms with Crippen LogP contribution >= 0.6 is 0 Å². The molecule has 0 bridgehead atoms. The summed E-state index contributed by atoms with van der Waals surface area (Å²) in [6.07, 6.45) is 1.60. The molecule has 2 aromatic heterocycles. The molecule has 2 N–H and O–H groups in total. The molecule has 2 aromatic rings. The van der Waals surface area contributed by atoms with Gasteiger partial charge in [-0.05, 0) is 6.92 Å². The Bertz CT molecular complexity index is 543. The van der Waals surface area contributed by atoms with Crippen LogP contribution in [0.1, 0.15) is 47.9 Å². The molecule has 0 atom stereocenters. The van der Waals surface area contributed by atoms with Crippen LogP contribution in [0.3, 0.4) is 0 Å². The van der Waals surface area contributed by atoms with Gasteiger partial charge in [0.1, 0.15) is 11.6 Å². The number of aromatic nitrogens is 4. The second-order valence-electron chi connectivity index (χ2n) is 4.25. The third-order valence-electron chi connectivity index (χ3n) is 2.32. The van der Waals surface area contributed by atoms with E-state index in [-0.39, 0.29) is 24.2 Å². The lowest BCUT2D eigenvalue weighted by Gasteiger charge is -1.98. The van der Waals surface area contributed by atoms with Crippen molar-refractivity contribution in [1.82, 2.24) is 25.5 Å². The number of amides is 1. The number of carbonyl (C=O) groups excluding carboxylic acids is 1. The Morgan fingerprint density at radius 1 is 1.56 bits per heavy atom. The molecular weight excluding hydrogens is 234 g/mol. The van der Waals surface area contributed by atoms with Gasteiger partial charge in [-0.15, -0.1) is 5.10 Å². The fourth-order valence-electron chi connectivity index (χ4n) is 1.35.